The molecule has 4 nitrogen and oxygen atoms in total. The molecule has 0 aromatic rings. The van der Waals surface area contributed by atoms with E-state index in [9.17, 15) is 8.42 Å². The van der Waals surface area contributed by atoms with E-state index in [0.717, 1.165) is 25.7 Å². The van der Waals surface area contributed by atoms with Crippen LogP contribution >= 0.6 is 0 Å². The van der Waals surface area contributed by atoms with Gasteiger partial charge in [-0.3, -0.25) is 0 Å². The van der Waals surface area contributed by atoms with E-state index in [1.54, 1.807) is 18.4 Å². The maximum atomic E-state index is 12.1. The van der Waals surface area contributed by atoms with Crippen molar-refractivity contribution in [3.8, 4) is 0 Å². The van der Waals surface area contributed by atoms with Crippen LogP contribution in [0.2, 0.25) is 0 Å². The molecule has 0 radical (unpaired) electrons. The summed E-state index contributed by atoms with van der Waals surface area (Å²) in [7, 11) is -0.0612. The van der Waals surface area contributed by atoms with Crippen LogP contribution in [0.25, 0.3) is 0 Å². The molecular formula is C10H22N2O2S. The summed E-state index contributed by atoms with van der Waals surface area (Å²) in [4.78, 5) is 0. The van der Waals surface area contributed by atoms with Crippen molar-refractivity contribution in [2.24, 2.45) is 0 Å². The van der Waals surface area contributed by atoms with Gasteiger partial charge < -0.3 is 0 Å². The topological polar surface area (TPSA) is 40.6 Å². The minimum absolute atomic E-state index is 0.0421. The predicted octanol–water partition coefficient (Wildman–Crippen LogP) is 1.45. The fraction of sp³-hybridized carbons (Fsp3) is 1.00. The molecule has 0 bridgehead atoms. The first-order chi connectivity index (χ1) is 6.87. The molecule has 0 heterocycles. The van der Waals surface area contributed by atoms with E-state index in [1.807, 2.05) is 13.8 Å². The number of hydrogen-bond acceptors (Lipinski definition) is 2. The predicted molar refractivity (Wildman–Crippen MR) is 61.8 cm³/mol. The second-order valence-electron chi connectivity index (χ2n) is 4.65. The highest BCUT2D eigenvalue weighted by atomic mass is 32.2. The summed E-state index contributed by atoms with van der Waals surface area (Å²) in [5.74, 6) is 0. The first-order valence-corrected chi connectivity index (χ1v) is 6.98. The van der Waals surface area contributed by atoms with Gasteiger partial charge in [0.05, 0.1) is 0 Å². The summed E-state index contributed by atoms with van der Waals surface area (Å²) in [6.07, 6.45) is 4.31. The monoisotopic (exact) mass is 234 g/mol. The zero-order valence-electron chi connectivity index (χ0n) is 10.1. The van der Waals surface area contributed by atoms with Crippen molar-refractivity contribution in [1.29, 1.82) is 0 Å². The van der Waals surface area contributed by atoms with E-state index in [0.29, 0.717) is 0 Å². The van der Waals surface area contributed by atoms with Crippen LogP contribution in [-0.2, 0) is 10.2 Å². The molecule has 0 spiro atoms. The van der Waals surface area contributed by atoms with Gasteiger partial charge in [-0.1, -0.05) is 12.8 Å². The molecule has 0 aromatic carbocycles. The van der Waals surface area contributed by atoms with Crippen molar-refractivity contribution in [3.63, 3.8) is 0 Å². The zero-order chi connectivity index (χ0) is 11.6. The van der Waals surface area contributed by atoms with E-state index in [2.05, 4.69) is 0 Å². The van der Waals surface area contributed by atoms with Gasteiger partial charge in [-0.15, -0.1) is 0 Å². The molecule has 15 heavy (non-hydrogen) atoms. The van der Waals surface area contributed by atoms with Crippen LogP contribution in [0, 0.1) is 0 Å². The molecule has 0 aromatic heterocycles. The minimum Gasteiger partial charge on any atom is -0.195 e. The van der Waals surface area contributed by atoms with Gasteiger partial charge in [-0.05, 0) is 26.7 Å². The van der Waals surface area contributed by atoms with Gasteiger partial charge in [0.15, 0.2) is 0 Å². The lowest BCUT2D eigenvalue weighted by atomic mass is 10.2. The second-order valence-corrected chi connectivity index (χ2v) is 6.70. The molecular weight excluding hydrogens is 212 g/mol. The molecule has 0 N–H and O–H groups in total. The van der Waals surface area contributed by atoms with Crippen LogP contribution < -0.4 is 0 Å². The Kier molecular flexibility index (Phi) is 4.14. The van der Waals surface area contributed by atoms with Crippen molar-refractivity contribution in [2.75, 3.05) is 14.1 Å². The molecule has 0 amide bonds. The van der Waals surface area contributed by atoms with Crippen molar-refractivity contribution >= 4 is 10.2 Å². The quantitative estimate of drug-likeness (QED) is 0.738. The van der Waals surface area contributed by atoms with Gasteiger partial charge in [-0.2, -0.15) is 17.0 Å². The van der Waals surface area contributed by atoms with Gasteiger partial charge in [0, 0.05) is 26.2 Å². The third-order valence-electron chi connectivity index (χ3n) is 2.92. The highest BCUT2D eigenvalue weighted by Crippen LogP contribution is 2.28. The maximum absolute atomic E-state index is 12.1. The average molecular weight is 234 g/mol. The highest BCUT2D eigenvalue weighted by molar-refractivity contribution is 7.86. The summed E-state index contributed by atoms with van der Waals surface area (Å²) in [5.41, 5.74) is 0. The Balaban J connectivity index is 2.92. The molecule has 90 valence electrons. The van der Waals surface area contributed by atoms with Crippen LogP contribution in [0.3, 0.4) is 0 Å². The van der Waals surface area contributed by atoms with Crippen LogP contribution in [-0.4, -0.2) is 43.2 Å². The zero-order valence-corrected chi connectivity index (χ0v) is 10.9. The fourth-order valence-corrected chi connectivity index (χ4v) is 3.72. The molecule has 1 rings (SSSR count). The third-order valence-corrected chi connectivity index (χ3v) is 5.10. The maximum Gasteiger partial charge on any atom is 0.281 e. The van der Waals surface area contributed by atoms with Gasteiger partial charge in [-0.25, -0.2) is 0 Å². The van der Waals surface area contributed by atoms with Crippen molar-refractivity contribution in [2.45, 2.75) is 51.6 Å². The SMILES string of the molecule is CC(C)N(C1CCCC1)S(=O)(=O)N(C)C. The lowest BCUT2D eigenvalue weighted by Crippen LogP contribution is -2.48. The fourth-order valence-electron chi connectivity index (χ4n) is 2.22. The van der Waals surface area contributed by atoms with E-state index in [-0.39, 0.29) is 12.1 Å². The standard InChI is InChI=1S/C10H22N2O2S/c1-9(2)12(10-7-5-6-8-10)15(13,14)11(3)4/h9-10H,5-8H2,1-4H3. The lowest BCUT2D eigenvalue weighted by molar-refractivity contribution is 0.259. The number of nitrogens with zero attached hydrogens (tertiary/aromatic N) is 2. The average Bonchev–Trinajstić information content (AvgIpc) is 2.55. The normalized spacial score (nSPS) is 19.7. The third kappa shape index (κ3) is 2.71. The van der Waals surface area contributed by atoms with Crippen LogP contribution in [0.4, 0.5) is 0 Å². The summed E-state index contributed by atoms with van der Waals surface area (Å²) in [6.45, 7) is 3.89. The van der Waals surface area contributed by atoms with Crippen LogP contribution in [0.5, 0.6) is 0 Å². The molecule has 0 aliphatic heterocycles. The number of rotatable bonds is 4. The molecule has 1 saturated carbocycles. The van der Waals surface area contributed by atoms with Gasteiger partial charge in [0.1, 0.15) is 0 Å². The van der Waals surface area contributed by atoms with E-state index >= 15 is 0 Å². The van der Waals surface area contributed by atoms with Crippen molar-refractivity contribution < 1.29 is 8.42 Å². The Morgan fingerprint density at radius 1 is 1.13 bits per heavy atom. The van der Waals surface area contributed by atoms with Gasteiger partial charge in [0.2, 0.25) is 0 Å². The number of hydrogen-bond donors (Lipinski definition) is 0. The first kappa shape index (κ1) is 12.9. The summed E-state index contributed by atoms with van der Waals surface area (Å²) < 4.78 is 27.2. The van der Waals surface area contributed by atoms with Crippen LogP contribution in [0.1, 0.15) is 39.5 Å². The second kappa shape index (κ2) is 4.80. The Bertz CT molecular complexity index is 293. The summed E-state index contributed by atoms with van der Waals surface area (Å²) >= 11 is 0. The van der Waals surface area contributed by atoms with E-state index < -0.39 is 10.2 Å². The molecule has 0 saturated heterocycles. The molecule has 5 heteroatoms. The Morgan fingerprint density at radius 2 is 1.60 bits per heavy atom. The molecule has 1 fully saturated rings. The van der Waals surface area contributed by atoms with Gasteiger partial charge in [0.25, 0.3) is 10.2 Å². The first-order valence-electron chi connectivity index (χ1n) is 5.58. The summed E-state index contributed by atoms with van der Waals surface area (Å²) in [6, 6.07) is 0.248. The van der Waals surface area contributed by atoms with Crippen LogP contribution in [0.15, 0.2) is 0 Å². The lowest BCUT2D eigenvalue weighted by Gasteiger charge is -2.33. The summed E-state index contributed by atoms with van der Waals surface area (Å²) in [5, 5.41) is 0. The molecule has 0 atom stereocenters. The largest absolute Gasteiger partial charge is 0.281 e. The smallest absolute Gasteiger partial charge is 0.195 e. The Morgan fingerprint density at radius 3 is 1.93 bits per heavy atom. The molecule has 1 aliphatic carbocycles. The van der Waals surface area contributed by atoms with Crippen molar-refractivity contribution in [1.82, 2.24) is 8.61 Å². The van der Waals surface area contributed by atoms with Crippen molar-refractivity contribution in [3.05, 3.63) is 0 Å². The molecule has 0 unspecified atom stereocenters. The van der Waals surface area contributed by atoms with Gasteiger partial charge >= 0.3 is 0 Å². The highest BCUT2D eigenvalue weighted by Gasteiger charge is 2.35. The Labute approximate surface area is 93.4 Å². The Hall–Kier alpha value is -0.130. The molecule has 1 aliphatic rings. The van der Waals surface area contributed by atoms with E-state index in [1.165, 1.54) is 4.31 Å². The minimum atomic E-state index is -3.26. The van der Waals surface area contributed by atoms with E-state index in [4.69, 9.17) is 0 Å².